The molecule has 0 spiro atoms. The van der Waals surface area contributed by atoms with Crippen molar-refractivity contribution >= 4 is 49.7 Å². The number of rotatable bonds is 7. The molecule has 1 fully saturated rings. The molecule has 212 valence electrons. The Balaban J connectivity index is 1.09. The van der Waals surface area contributed by atoms with Crippen molar-refractivity contribution < 1.29 is 13.2 Å². The van der Waals surface area contributed by atoms with Crippen LogP contribution in [0.15, 0.2) is 108 Å². The maximum atomic E-state index is 13.5. The van der Waals surface area contributed by atoms with Gasteiger partial charge in [0, 0.05) is 67.3 Å². The number of nitrogens with zero attached hydrogens (tertiary/aromatic N) is 4. The average Bonchev–Trinajstić information content (AvgIpc) is 3.01. The van der Waals surface area contributed by atoms with Gasteiger partial charge in [-0.15, -0.1) is 0 Å². The molecule has 1 saturated heterocycles. The van der Waals surface area contributed by atoms with Crippen LogP contribution in [0.3, 0.4) is 0 Å². The topological polar surface area (TPSA) is 108 Å². The van der Waals surface area contributed by atoms with Crippen LogP contribution in [0.1, 0.15) is 6.92 Å². The minimum atomic E-state index is -3.60. The Morgan fingerprint density at radius 1 is 0.786 bits per heavy atom. The minimum Gasteiger partial charge on any atom is -0.369 e. The lowest BCUT2D eigenvalue weighted by molar-refractivity contribution is -0.114. The molecular formula is C32H30N6O3S. The normalized spacial score (nSPS) is 14.1. The summed E-state index contributed by atoms with van der Waals surface area (Å²) in [7, 11) is -3.60. The first-order chi connectivity index (χ1) is 20.4. The Morgan fingerprint density at radius 3 is 2.21 bits per heavy atom. The van der Waals surface area contributed by atoms with Crippen molar-refractivity contribution in [2.75, 3.05) is 41.7 Å². The van der Waals surface area contributed by atoms with Crippen molar-refractivity contribution in [3.05, 3.63) is 103 Å². The number of sulfonamides is 1. The second-order valence-electron chi connectivity index (χ2n) is 10.1. The lowest BCUT2D eigenvalue weighted by atomic mass is 10.1. The molecule has 0 saturated carbocycles. The van der Waals surface area contributed by atoms with E-state index in [1.807, 2.05) is 84.9 Å². The van der Waals surface area contributed by atoms with Crippen LogP contribution < -0.4 is 15.5 Å². The molecule has 0 atom stereocenters. The van der Waals surface area contributed by atoms with Gasteiger partial charge in [0.2, 0.25) is 21.9 Å². The number of fused-ring (bicyclic) bond motifs is 1. The van der Waals surface area contributed by atoms with Crippen LogP contribution in [-0.4, -0.2) is 54.8 Å². The third-order valence-corrected chi connectivity index (χ3v) is 9.21. The third kappa shape index (κ3) is 5.81. The van der Waals surface area contributed by atoms with Gasteiger partial charge in [-0.1, -0.05) is 48.5 Å². The van der Waals surface area contributed by atoms with Crippen molar-refractivity contribution in [2.24, 2.45) is 0 Å². The maximum Gasteiger partial charge on any atom is 0.243 e. The van der Waals surface area contributed by atoms with Crippen LogP contribution in [-0.2, 0) is 14.8 Å². The Hall–Kier alpha value is -4.80. The quantitative estimate of drug-likeness (QED) is 0.262. The minimum absolute atomic E-state index is 0.116. The van der Waals surface area contributed by atoms with E-state index >= 15 is 0 Å². The number of carbonyl (C=O) groups is 1. The van der Waals surface area contributed by atoms with E-state index in [2.05, 4.69) is 25.5 Å². The van der Waals surface area contributed by atoms with E-state index in [0.29, 0.717) is 37.0 Å². The molecule has 1 aliphatic heterocycles. The Morgan fingerprint density at radius 2 is 1.48 bits per heavy atom. The van der Waals surface area contributed by atoms with Crippen LogP contribution in [0.5, 0.6) is 0 Å². The zero-order valence-electron chi connectivity index (χ0n) is 23.1. The second kappa shape index (κ2) is 11.6. The molecule has 2 N–H and O–H groups in total. The molecule has 1 aromatic heterocycles. The predicted molar refractivity (Wildman–Crippen MR) is 166 cm³/mol. The fourth-order valence-corrected chi connectivity index (χ4v) is 6.77. The molecule has 0 aliphatic carbocycles. The second-order valence-corrected chi connectivity index (χ2v) is 12.0. The van der Waals surface area contributed by atoms with E-state index in [1.165, 1.54) is 6.92 Å². The third-order valence-electron chi connectivity index (χ3n) is 7.25. The molecule has 42 heavy (non-hydrogen) atoms. The monoisotopic (exact) mass is 578 g/mol. The smallest absolute Gasteiger partial charge is 0.243 e. The molecule has 6 rings (SSSR count). The number of hydrogen-bond donors (Lipinski definition) is 2. The van der Waals surface area contributed by atoms with Crippen LogP contribution >= 0.6 is 0 Å². The number of aromatic nitrogens is 2. The molecule has 10 heteroatoms. The Bertz CT molecular complexity index is 1830. The number of carbonyl (C=O) groups excluding carboxylic acids is 1. The fourth-order valence-electron chi connectivity index (χ4n) is 5.14. The highest BCUT2D eigenvalue weighted by atomic mass is 32.2. The molecule has 9 nitrogen and oxygen atoms in total. The Kier molecular flexibility index (Phi) is 7.56. The predicted octanol–water partition coefficient (Wildman–Crippen LogP) is 5.51. The lowest BCUT2D eigenvalue weighted by Crippen LogP contribution is -2.48. The van der Waals surface area contributed by atoms with Gasteiger partial charge in [-0.25, -0.2) is 18.4 Å². The first-order valence-corrected chi connectivity index (χ1v) is 15.1. The highest BCUT2D eigenvalue weighted by Gasteiger charge is 2.29. The van der Waals surface area contributed by atoms with Crippen LogP contribution in [0.4, 0.5) is 23.0 Å². The van der Waals surface area contributed by atoms with Crippen molar-refractivity contribution in [3.8, 4) is 11.3 Å². The SMILES string of the molecule is CC(=O)Nc1ccc(-c2ccnc(Nc3ccc(N4CCN(S(=O)(=O)c5cccc6ccccc56)CC4)cc3)n2)cc1. The van der Waals surface area contributed by atoms with Gasteiger partial charge in [-0.2, -0.15) is 4.31 Å². The number of piperazine rings is 1. The van der Waals surface area contributed by atoms with Gasteiger partial charge in [0.15, 0.2) is 0 Å². The van der Waals surface area contributed by atoms with Crippen molar-refractivity contribution in [1.29, 1.82) is 0 Å². The van der Waals surface area contributed by atoms with E-state index in [9.17, 15) is 13.2 Å². The zero-order valence-corrected chi connectivity index (χ0v) is 23.9. The summed E-state index contributed by atoms with van der Waals surface area (Å²) in [6, 6.07) is 30.3. The van der Waals surface area contributed by atoms with Gasteiger partial charge >= 0.3 is 0 Å². The van der Waals surface area contributed by atoms with Crippen molar-refractivity contribution in [1.82, 2.24) is 14.3 Å². The zero-order chi connectivity index (χ0) is 29.1. The summed E-state index contributed by atoms with van der Waals surface area (Å²) in [5.74, 6) is 0.354. The molecule has 5 aromatic rings. The van der Waals surface area contributed by atoms with Crippen molar-refractivity contribution in [2.45, 2.75) is 11.8 Å². The van der Waals surface area contributed by atoms with Crippen LogP contribution in [0.25, 0.3) is 22.0 Å². The average molecular weight is 579 g/mol. The van der Waals surface area contributed by atoms with Gasteiger partial charge in [0.05, 0.1) is 10.6 Å². The number of hydrogen-bond acceptors (Lipinski definition) is 7. The number of benzene rings is 4. The van der Waals surface area contributed by atoms with E-state index in [4.69, 9.17) is 0 Å². The van der Waals surface area contributed by atoms with E-state index in [1.54, 1.807) is 22.6 Å². The summed E-state index contributed by atoms with van der Waals surface area (Å²) in [5.41, 5.74) is 4.26. The Labute approximate surface area is 244 Å². The molecule has 1 amide bonds. The van der Waals surface area contributed by atoms with Gasteiger partial charge in [0.1, 0.15) is 0 Å². The molecule has 0 bridgehead atoms. The summed E-state index contributed by atoms with van der Waals surface area (Å²) >= 11 is 0. The largest absolute Gasteiger partial charge is 0.369 e. The summed E-state index contributed by atoms with van der Waals surface area (Å²) in [5, 5.41) is 7.68. The molecule has 1 aliphatic rings. The van der Waals surface area contributed by atoms with Crippen LogP contribution in [0, 0.1) is 0 Å². The number of anilines is 4. The summed E-state index contributed by atoms with van der Waals surface area (Å²) < 4.78 is 28.6. The lowest BCUT2D eigenvalue weighted by Gasteiger charge is -2.35. The standard InChI is InChI=1S/C32H30N6O3S/c1-23(39)34-26-11-9-25(10-12-26)30-17-18-33-32(36-30)35-27-13-15-28(16-14-27)37-19-21-38(22-20-37)42(40,41)31-8-4-6-24-5-2-3-7-29(24)31/h2-18H,19-22H2,1H3,(H,34,39)(H,33,35,36). The first kappa shape index (κ1) is 27.4. The van der Waals surface area contributed by atoms with Crippen molar-refractivity contribution in [3.63, 3.8) is 0 Å². The first-order valence-electron chi connectivity index (χ1n) is 13.7. The number of nitrogens with one attached hydrogen (secondary N) is 2. The maximum absolute atomic E-state index is 13.5. The summed E-state index contributed by atoms with van der Waals surface area (Å²) in [4.78, 5) is 22.8. The number of amides is 1. The van der Waals surface area contributed by atoms with E-state index in [0.717, 1.165) is 39.1 Å². The van der Waals surface area contributed by atoms with E-state index in [-0.39, 0.29) is 5.91 Å². The van der Waals surface area contributed by atoms with E-state index < -0.39 is 10.0 Å². The highest BCUT2D eigenvalue weighted by molar-refractivity contribution is 7.89. The van der Waals surface area contributed by atoms with Gasteiger partial charge in [-0.05, 0) is 53.9 Å². The molecule has 4 aromatic carbocycles. The summed E-state index contributed by atoms with van der Waals surface area (Å²) in [6.45, 7) is 3.51. The summed E-state index contributed by atoms with van der Waals surface area (Å²) in [6.07, 6.45) is 1.70. The molecular weight excluding hydrogens is 548 g/mol. The van der Waals surface area contributed by atoms with Crippen LogP contribution in [0.2, 0.25) is 0 Å². The molecule has 2 heterocycles. The van der Waals surface area contributed by atoms with Gasteiger partial charge < -0.3 is 15.5 Å². The fraction of sp³-hybridized carbons (Fsp3) is 0.156. The van der Waals surface area contributed by atoms with Gasteiger partial charge in [0.25, 0.3) is 0 Å². The molecule has 0 unspecified atom stereocenters. The highest BCUT2D eigenvalue weighted by Crippen LogP contribution is 2.28. The molecule has 0 radical (unpaired) electrons. The van der Waals surface area contributed by atoms with Gasteiger partial charge in [-0.3, -0.25) is 4.79 Å².